The van der Waals surface area contributed by atoms with Crippen LogP contribution in [0.3, 0.4) is 0 Å². The van der Waals surface area contributed by atoms with Crippen molar-refractivity contribution in [2.75, 3.05) is 12.4 Å². The minimum atomic E-state index is 0.395. The van der Waals surface area contributed by atoms with Crippen molar-refractivity contribution in [2.24, 2.45) is 0 Å². The highest BCUT2D eigenvalue weighted by Crippen LogP contribution is 2.30. The van der Waals surface area contributed by atoms with E-state index in [2.05, 4.69) is 21.2 Å². The molecule has 0 bridgehead atoms. The Labute approximate surface area is 167 Å². The van der Waals surface area contributed by atoms with Gasteiger partial charge in [-0.25, -0.2) is 0 Å². The van der Waals surface area contributed by atoms with Crippen molar-refractivity contribution in [3.05, 3.63) is 87.4 Å². The highest BCUT2D eigenvalue weighted by Gasteiger charge is 2.08. The number of hydrogen-bond acceptors (Lipinski definition) is 3. The van der Waals surface area contributed by atoms with Gasteiger partial charge in [-0.05, 0) is 48.0 Å². The monoisotopic (exact) mass is 431 g/mol. The molecule has 0 atom stereocenters. The van der Waals surface area contributed by atoms with E-state index in [4.69, 9.17) is 21.1 Å². The Hall–Kier alpha value is -2.17. The Balaban J connectivity index is 1.65. The van der Waals surface area contributed by atoms with Crippen molar-refractivity contribution < 1.29 is 9.47 Å². The standard InChI is InChI=1S/C21H19BrClNO2/c1-25-21-12-15(13-24-18-9-7-17(22)8-10-18)6-11-20(21)26-14-16-4-2-3-5-19(16)23/h2-12,24H,13-14H2,1H3. The molecule has 0 saturated carbocycles. The maximum absolute atomic E-state index is 6.18. The second kappa shape index (κ2) is 8.97. The molecular weight excluding hydrogens is 414 g/mol. The van der Waals surface area contributed by atoms with Gasteiger partial charge in [-0.2, -0.15) is 0 Å². The fourth-order valence-corrected chi connectivity index (χ4v) is 2.94. The fraction of sp³-hybridized carbons (Fsp3) is 0.143. The molecule has 0 heterocycles. The van der Waals surface area contributed by atoms with Gasteiger partial charge in [0, 0.05) is 27.3 Å². The fourth-order valence-electron chi connectivity index (χ4n) is 2.48. The summed E-state index contributed by atoms with van der Waals surface area (Å²) in [5, 5.41) is 4.09. The average molecular weight is 433 g/mol. The van der Waals surface area contributed by atoms with E-state index in [0.29, 0.717) is 29.7 Å². The lowest BCUT2D eigenvalue weighted by Gasteiger charge is -2.13. The van der Waals surface area contributed by atoms with Crippen molar-refractivity contribution in [1.82, 2.24) is 0 Å². The largest absolute Gasteiger partial charge is 0.493 e. The van der Waals surface area contributed by atoms with Crippen molar-refractivity contribution in [1.29, 1.82) is 0 Å². The second-order valence-electron chi connectivity index (χ2n) is 5.73. The molecule has 3 nitrogen and oxygen atoms in total. The Bertz CT molecular complexity index is 868. The predicted octanol–water partition coefficient (Wildman–Crippen LogP) is 6.30. The zero-order chi connectivity index (χ0) is 18.4. The maximum Gasteiger partial charge on any atom is 0.161 e. The number of anilines is 1. The van der Waals surface area contributed by atoms with Crippen molar-refractivity contribution in [3.8, 4) is 11.5 Å². The topological polar surface area (TPSA) is 30.5 Å². The summed E-state index contributed by atoms with van der Waals surface area (Å²) in [6.07, 6.45) is 0. The third kappa shape index (κ3) is 4.93. The van der Waals surface area contributed by atoms with Gasteiger partial charge in [-0.1, -0.05) is 51.8 Å². The van der Waals surface area contributed by atoms with Gasteiger partial charge >= 0.3 is 0 Å². The number of halogens is 2. The van der Waals surface area contributed by atoms with Gasteiger partial charge in [0.1, 0.15) is 6.61 Å². The number of benzene rings is 3. The molecule has 0 spiro atoms. The molecule has 0 aromatic heterocycles. The Morgan fingerprint density at radius 3 is 2.46 bits per heavy atom. The molecule has 0 radical (unpaired) electrons. The highest BCUT2D eigenvalue weighted by molar-refractivity contribution is 9.10. The van der Waals surface area contributed by atoms with E-state index in [1.807, 2.05) is 66.7 Å². The van der Waals surface area contributed by atoms with Crippen molar-refractivity contribution >= 4 is 33.2 Å². The van der Waals surface area contributed by atoms with Crippen LogP contribution in [-0.4, -0.2) is 7.11 Å². The van der Waals surface area contributed by atoms with Gasteiger partial charge in [-0.15, -0.1) is 0 Å². The summed E-state index contributed by atoms with van der Waals surface area (Å²) in [5.41, 5.74) is 3.11. The summed E-state index contributed by atoms with van der Waals surface area (Å²) in [4.78, 5) is 0. The smallest absolute Gasteiger partial charge is 0.161 e. The normalized spacial score (nSPS) is 10.4. The van der Waals surface area contributed by atoms with E-state index in [1.165, 1.54) is 0 Å². The maximum atomic E-state index is 6.18. The zero-order valence-corrected chi connectivity index (χ0v) is 16.7. The third-order valence-corrected chi connectivity index (χ3v) is 4.81. The van der Waals surface area contributed by atoms with Crippen LogP contribution < -0.4 is 14.8 Å². The third-order valence-electron chi connectivity index (χ3n) is 3.91. The first-order valence-electron chi connectivity index (χ1n) is 8.18. The van der Waals surface area contributed by atoms with Gasteiger partial charge < -0.3 is 14.8 Å². The van der Waals surface area contributed by atoms with E-state index in [1.54, 1.807) is 7.11 Å². The molecular formula is C21H19BrClNO2. The first-order chi connectivity index (χ1) is 12.7. The van der Waals surface area contributed by atoms with E-state index < -0.39 is 0 Å². The summed E-state index contributed by atoms with van der Waals surface area (Å²) in [6.45, 7) is 1.09. The average Bonchev–Trinajstić information content (AvgIpc) is 2.67. The molecule has 3 aromatic carbocycles. The van der Waals surface area contributed by atoms with Gasteiger partial charge in [0.05, 0.1) is 7.11 Å². The lowest BCUT2D eigenvalue weighted by atomic mass is 10.2. The van der Waals surface area contributed by atoms with Crippen LogP contribution in [0.4, 0.5) is 5.69 Å². The molecule has 0 aliphatic heterocycles. The van der Waals surface area contributed by atoms with E-state index >= 15 is 0 Å². The van der Waals surface area contributed by atoms with Crippen LogP contribution >= 0.6 is 27.5 Å². The molecule has 26 heavy (non-hydrogen) atoms. The quantitative estimate of drug-likeness (QED) is 0.475. The van der Waals surface area contributed by atoms with Crippen LogP contribution in [0.2, 0.25) is 5.02 Å². The molecule has 0 aliphatic rings. The first-order valence-corrected chi connectivity index (χ1v) is 9.35. The molecule has 3 aromatic rings. The summed E-state index contributed by atoms with van der Waals surface area (Å²) in [6, 6.07) is 21.7. The van der Waals surface area contributed by atoms with E-state index in [0.717, 1.165) is 21.3 Å². The minimum absolute atomic E-state index is 0.395. The summed E-state index contributed by atoms with van der Waals surface area (Å²) in [5.74, 6) is 1.40. The molecule has 134 valence electrons. The zero-order valence-electron chi connectivity index (χ0n) is 14.3. The molecule has 0 amide bonds. The Morgan fingerprint density at radius 2 is 1.73 bits per heavy atom. The van der Waals surface area contributed by atoms with Gasteiger partial charge in [0.15, 0.2) is 11.5 Å². The Kier molecular flexibility index (Phi) is 6.42. The number of rotatable bonds is 7. The van der Waals surface area contributed by atoms with E-state index in [9.17, 15) is 0 Å². The molecule has 0 aliphatic carbocycles. The second-order valence-corrected chi connectivity index (χ2v) is 7.05. The summed E-state index contributed by atoms with van der Waals surface area (Å²) < 4.78 is 12.4. The molecule has 0 fully saturated rings. The summed E-state index contributed by atoms with van der Waals surface area (Å²) in [7, 11) is 1.64. The number of ether oxygens (including phenoxy) is 2. The SMILES string of the molecule is COc1cc(CNc2ccc(Br)cc2)ccc1OCc1ccccc1Cl. The van der Waals surface area contributed by atoms with Gasteiger partial charge in [-0.3, -0.25) is 0 Å². The van der Waals surface area contributed by atoms with Crippen LogP contribution in [0.1, 0.15) is 11.1 Å². The van der Waals surface area contributed by atoms with Crippen LogP contribution in [0, 0.1) is 0 Å². The van der Waals surface area contributed by atoms with Crippen molar-refractivity contribution in [2.45, 2.75) is 13.2 Å². The number of methoxy groups -OCH3 is 1. The lowest BCUT2D eigenvalue weighted by molar-refractivity contribution is 0.284. The number of hydrogen-bond donors (Lipinski definition) is 1. The van der Waals surface area contributed by atoms with Crippen LogP contribution in [0.5, 0.6) is 11.5 Å². The Morgan fingerprint density at radius 1 is 0.962 bits per heavy atom. The van der Waals surface area contributed by atoms with Crippen LogP contribution in [-0.2, 0) is 13.2 Å². The van der Waals surface area contributed by atoms with Gasteiger partial charge in [0.25, 0.3) is 0 Å². The molecule has 3 rings (SSSR count). The van der Waals surface area contributed by atoms with Gasteiger partial charge in [0.2, 0.25) is 0 Å². The lowest BCUT2D eigenvalue weighted by Crippen LogP contribution is -2.02. The van der Waals surface area contributed by atoms with Crippen molar-refractivity contribution in [3.63, 3.8) is 0 Å². The molecule has 5 heteroatoms. The molecule has 0 saturated heterocycles. The number of nitrogens with one attached hydrogen (secondary N) is 1. The van der Waals surface area contributed by atoms with Crippen LogP contribution in [0.25, 0.3) is 0 Å². The first kappa shape index (κ1) is 18.6. The predicted molar refractivity (Wildman–Crippen MR) is 110 cm³/mol. The van der Waals surface area contributed by atoms with Crippen LogP contribution in [0.15, 0.2) is 71.2 Å². The van der Waals surface area contributed by atoms with E-state index in [-0.39, 0.29) is 0 Å². The highest BCUT2D eigenvalue weighted by atomic mass is 79.9. The molecule has 0 unspecified atom stereocenters. The summed E-state index contributed by atoms with van der Waals surface area (Å²) >= 11 is 9.61. The molecule has 1 N–H and O–H groups in total. The minimum Gasteiger partial charge on any atom is -0.493 e.